The Morgan fingerprint density at radius 1 is 0.496 bits per heavy atom. The Morgan fingerprint density at radius 3 is 1.13 bits per heavy atom. The number of hydrogen-bond acceptors (Lipinski definition) is 32. The number of aromatic nitrogens is 8. The topological polar surface area (TPSA) is 546 Å². The lowest BCUT2D eigenvalue weighted by Crippen LogP contribution is -2.34. The summed E-state index contributed by atoms with van der Waals surface area (Å²) in [5.74, 6) is -10.8. The summed E-state index contributed by atoms with van der Waals surface area (Å²) in [7, 11) is -10.9. The SMILES string of the molecule is C.CC(C(=O)O)c1cnc(NS(C)(=O)=O)c(F)c1.CCOC(=O)C(C)Cl.CCOC(=O)C(C)c1cnc(N)c(F)c1.CCOC(=O)C(C)c1cnc(NS(C)(=O)=O)c(F)c1.CCOC(=O)C(C)c1cnc([N+](=O)[O-])c(F)c1.Cc1ccc(CCC(=O)C(C)c2cnc(NS(C)(=O)=O)c(F)c2)c(N2CCC(C)CC2)n1.Cc1ccc(CN)c(N2CCC(C)CC2)n1.O=[N+]([O-])c1ncccc1F. The number of pyridine rings is 8. The number of rotatable bonds is 29. The predicted molar refractivity (Wildman–Crippen MR) is 497 cm³/mol. The Hall–Kier alpha value is -12.5. The van der Waals surface area contributed by atoms with Gasteiger partial charge in [0.1, 0.15) is 35.2 Å². The van der Waals surface area contributed by atoms with Crippen molar-refractivity contribution in [2.75, 3.05) is 101 Å². The van der Waals surface area contributed by atoms with Gasteiger partial charge in [-0.3, -0.25) is 42.9 Å². The average Bonchev–Trinajstić information content (AvgIpc) is 0.835. The molecule has 6 unspecified atom stereocenters. The number of piperidine rings is 2. The smallest absolute Gasteiger partial charge is 0.399 e. The molecule has 48 heteroatoms. The van der Waals surface area contributed by atoms with E-state index in [0.29, 0.717) is 49.3 Å². The molecule has 0 aromatic carbocycles. The number of nitrogen functional groups attached to an aromatic ring is 1. The van der Waals surface area contributed by atoms with E-state index in [0.717, 1.165) is 141 Å². The minimum atomic E-state index is -3.64. The van der Waals surface area contributed by atoms with E-state index in [1.165, 1.54) is 69.2 Å². The number of carbonyl (C=O) groups excluding carboxylic acids is 5. The van der Waals surface area contributed by atoms with Gasteiger partial charge < -0.3 is 65.5 Å². The number of ketones is 1. The number of carboxylic acids is 1. The monoisotopic (exact) mass is 1980 g/mol. The average molecular weight is 1980 g/mol. The highest BCUT2D eigenvalue weighted by Gasteiger charge is 2.28. The molecule has 0 saturated carbocycles. The van der Waals surface area contributed by atoms with Gasteiger partial charge >= 0.3 is 41.5 Å². The van der Waals surface area contributed by atoms with Crippen molar-refractivity contribution in [3.63, 3.8) is 0 Å². The number of ether oxygens (including phenoxy) is 4. The largest absolute Gasteiger partial charge is 0.481 e. The van der Waals surface area contributed by atoms with Gasteiger partial charge in [0.2, 0.25) is 41.7 Å². The van der Waals surface area contributed by atoms with Crippen LogP contribution in [0.15, 0.2) is 104 Å². The third-order valence-electron chi connectivity index (χ3n) is 19.4. The maximum Gasteiger partial charge on any atom is 0.399 e. The molecular weight excluding hydrogens is 1860 g/mol. The van der Waals surface area contributed by atoms with Crippen LogP contribution in [0.5, 0.6) is 0 Å². The number of aliphatic carboxylic acids is 1. The summed E-state index contributed by atoms with van der Waals surface area (Å²) in [4.78, 5) is 122. The number of alkyl halides is 1. The normalized spacial score (nSPS) is 13.7. The minimum absolute atomic E-state index is 0. The van der Waals surface area contributed by atoms with Gasteiger partial charge in [0.05, 0.1) is 68.9 Å². The molecule has 2 aliphatic heterocycles. The lowest BCUT2D eigenvalue weighted by Gasteiger charge is -2.32. The van der Waals surface area contributed by atoms with Crippen LogP contribution in [-0.4, -0.2) is 192 Å². The first-order valence-electron chi connectivity index (χ1n) is 41.7. The number of anilines is 6. The molecule has 8 aromatic heterocycles. The number of Topliss-reactive ketones (excluding diaryl/α,β-unsaturated/α-hetero) is 1. The molecule has 38 nitrogen and oxygen atoms in total. The zero-order chi connectivity index (χ0) is 101. The van der Waals surface area contributed by atoms with E-state index in [2.05, 4.69) is 69.3 Å². The van der Waals surface area contributed by atoms with Crippen LogP contribution in [0.3, 0.4) is 0 Å². The van der Waals surface area contributed by atoms with Crippen molar-refractivity contribution in [1.29, 1.82) is 0 Å². The van der Waals surface area contributed by atoms with Crippen molar-refractivity contribution in [3.8, 4) is 0 Å². The van der Waals surface area contributed by atoms with E-state index >= 15 is 0 Å². The summed E-state index contributed by atoms with van der Waals surface area (Å²) in [5.41, 5.74) is 16.8. The Morgan fingerprint density at radius 2 is 0.822 bits per heavy atom. The fourth-order valence-electron chi connectivity index (χ4n) is 11.6. The summed E-state index contributed by atoms with van der Waals surface area (Å²) in [6, 6.07) is 15.7. The van der Waals surface area contributed by atoms with Crippen LogP contribution in [0.1, 0.15) is 203 Å². The lowest BCUT2D eigenvalue weighted by molar-refractivity contribution is -0.392. The van der Waals surface area contributed by atoms with Crippen LogP contribution in [0.4, 0.5) is 72.9 Å². The van der Waals surface area contributed by atoms with Gasteiger partial charge in [-0.05, 0) is 222 Å². The number of nitrogens with two attached hydrogens (primary N) is 2. The number of aryl methyl sites for hydroxylation is 3. The minimum Gasteiger partial charge on any atom is -0.481 e. The highest BCUT2D eigenvalue weighted by Crippen LogP contribution is 2.31. The number of halogens is 7. The first kappa shape index (κ1) is 119. The maximum atomic E-state index is 14.3. The second kappa shape index (κ2) is 57.3. The van der Waals surface area contributed by atoms with Gasteiger partial charge in [0.15, 0.2) is 46.5 Å². The van der Waals surface area contributed by atoms with Crippen molar-refractivity contribution >= 4 is 124 Å². The molecule has 0 radical (unpaired) electrons. The van der Waals surface area contributed by atoms with Gasteiger partial charge in [-0.15, -0.1) is 11.6 Å². The molecule has 8 aromatic rings. The van der Waals surface area contributed by atoms with Crippen molar-refractivity contribution in [3.05, 3.63) is 209 Å². The molecule has 135 heavy (non-hydrogen) atoms. The first-order valence-corrected chi connectivity index (χ1v) is 47.8. The summed E-state index contributed by atoms with van der Waals surface area (Å²) in [5, 5.41) is 28.5. The molecule has 8 N–H and O–H groups in total. The standard InChI is InChI=1S/C23H31FN4O3S.C13H21N3.C11H15FN2O4S.C10H11FN2O4.C10H13FN2O2.C9H11FN2O4S.C5H9ClO2.C5H3FN2O2.CH4/c1-15-9-11-28(12-10-15)23-18(6-5-16(2)26-23)7-8-21(29)17(3)19-13-20(24)22(25-14-19)27-32(4,30)31;1-10-5-7-16(8-6-10)13-12(9-14)4-3-11(2)15-13;1-4-18-11(15)7(2)8-5-9(12)10(13-6-8)14-19(3,16)17;1-3-17-10(14)6(2)7-4-8(11)9(12-5-7)13(15)16;1-3-15-10(14)6(2)7-4-8(11)9(12)13-5-7;1-5(9(13)14)6-3-7(10)8(11-4-6)12-17(2,15)16;1-3-8-5(7)4(2)6;6-4-2-1-3-7-5(4)8(9)10;/h5-6,13-15,17H,7-12H2,1-4H3,(H,25,27);3-4,10H,5-9,14H2,1-2H3;5-7H,4H2,1-3H3,(H,13,14);4-6H,3H2,1-2H3;4-6H,3H2,1-2H3,(H2,12,13);3-5H,1-2H3,(H,11,12)(H,13,14);4H,3H2,1-2H3;1-3H;1H4. The van der Waals surface area contributed by atoms with Crippen LogP contribution in [-0.2, 0) is 90.8 Å². The van der Waals surface area contributed by atoms with E-state index in [9.17, 15) is 101 Å². The lowest BCUT2D eigenvalue weighted by atomic mass is 9.93. The van der Waals surface area contributed by atoms with Gasteiger partial charge in [-0.2, -0.15) is 8.78 Å². The highest BCUT2D eigenvalue weighted by atomic mass is 35.5. The maximum absolute atomic E-state index is 14.3. The molecule has 10 heterocycles. The highest BCUT2D eigenvalue weighted by molar-refractivity contribution is 7.92. The molecule has 744 valence electrons. The Kier molecular flexibility index (Phi) is 50.3. The second-order valence-electron chi connectivity index (χ2n) is 30.4. The van der Waals surface area contributed by atoms with E-state index < -0.39 is 157 Å². The van der Waals surface area contributed by atoms with Crippen LogP contribution in [0.25, 0.3) is 0 Å². The fourth-order valence-corrected chi connectivity index (χ4v) is 13.2. The molecule has 0 aliphatic carbocycles. The van der Waals surface area contributed by atoms with Crippen molar-refractivity contribution in [1.82, 2.24) is 39.9 Å². The van der Waals surface area contributed by atoms with E-state index in [1.807, 2.05) is 46.2 Å². The number of carbonyl (C=O) groups is 6. The molecule has 0 amide bonds. The zero-order valence-corrected chi connectivity index (χ0v) is 80.2. The molecule has 6 atom stereocenters. The summed E-state index contributed by atoms with van der Waals surface area (Å²) in [6.07, 6.45) is 15.7. The predicted octanol–water partition coefficient (Wildman–Crippen LogP) is 14.2. The summed E-state index contributed by atoms with van der Waals surface area (Å²) in [6.45, 7) is 30.6. The molecule has 2 saturated heterocycles. The number of nitrogens with zero attached hydrogens (tertiary/aromatic N) is 12. The summed E-state index contributed by atoms with van der Waals surface area (Å²) >= 11 is 5.33. The first-order chi connectivity index (χ1) is 62.6. The quantitative estimate of drug-likeness (QED) is 0.00633. The third kappa shape index (κ3) is 41.9. The van der Waals surface area contributed by atoms with Gasteiger partial charge in [0.25, 0.3) is 0 Å². The number of hydrogen-bond donors (Lipinski definition) is 6. The van der Waals surface area contributed by atoms with Crippen LogP contribution < -0.4 is 35.4 Å². The molecular formula is C87H118ClF6N17O21S3. The molecule has 2 fully saturated rings. The third-order valence-corrected chi connectivity index (χ3v) is 21.2. The fraction of sp³-hybridized carbons (Fsp3) is 0.471. The van der Waals surface area contributed by atoms with Gasteiger partial charge in [0, 0.05) is 92.4 Å². The molecule has 0 bridgehead atoms. The van der Waals surface area contributed by atoms with Gasteiger partial charge in [-0.1, -0.05) is 40.3 Å². The number of esters is 4. The number of sulfonamides is 3. The molecule has 2 aliphatic rings. The van der Waals surface area contributed by atoms with Crippen molar-refractivity contribution in [2.24, 2.45) is 17.6 Å². The van der Waals surface area contributed by atoms with E-state index in [-0.39, 0.29) is 55.2 Å². The van der Waals surface area contributed by atoms with Crippen LogP contribution >= 0.6 is 11.6 Å². The second-order valence-corrected chi connectivity index (χ2v) is 36.3. The van der Waals surface area contributed by atoms with Crippen molar-refractivity contribution in [2.45, 2.75) is 184 Å². The Balaban J connectivity index is 0.000000537. The Labute approximate surface area is 786 Å². The van der Waals surface area contributed by atoms with Crippen LogP contribution in [0, 0.1) is 80.8 Å². The number of nitro groups is 2. The van der Waals surface area contributed by atoms with Crippen molar-refractivity contribution < 1.29 is 114 Å². The van der Waals surface area contributed by atoms with E-state index in [4.69, 9.17) is 47.4 Å². The van der Waals surface area contributed by atoms with Crippen LogP contribution in [0.2, 0.25) is 0 Å². The number of carboxylic acid groups (broad SMARTS) is 1. The van der Waals surface area contributed by atoms with E-state index in [1.54, 1.807) is 55.4 Å². The summed E-state index contributed by atoms with van der Waals surface area (Å²) < 4.78 is 171. The molecule has 0 spiro atoms. The Bertz CT molecular complexity index is 5660. The number of nitrogens with one attached hydrogen (secondary N) is 3. The van der Waals surface area contributed by atoms with Gasteiger partial charge in [-0.25, -0.2) is 72.7 Å². The molecule has 10 rings (SSSR count). The zero-order valence-electron chi connectivity index (χ0n) is 77.0.